The number of carbonyl (C=O) groups excluding carboxylic acids is 1. The summed E-state index contributed by atoms with van der Waals surface area (Å²) in [5.41, 5.74) is 4.30. The van der Waals surface area contributed by atoms with Crippen molar-refractivity contribution in [1.29, 1.82) is 10.8 Å². The summed E-state index contributed by atoms with van der Waals surface area (Å²) in [6, 6.07) is 6.15. The Kier molecular flexibility index (Phi) is 8.29. The van der Waals surface area contributed by atoms with Gasteiger partial charge in [0.1, 0.15) is 29.7 Å². The van der Waals surface area contributed by atoms with E-state index in [4.69, 9.17) is 20.5 Å². The molecule has 0 aliphatic carbocycles. The van der Waals surface area contributed by atoms with Crippen LogP contribution in [0, 0.1) is 16.7 Å². The summed E-state index contributed by atoms with van der Waals surface area (Å²) in [5.74, 6) is 2.65. The molecule has 2 aliphatic heterocycles. The Balaban J connectivity index is 1.69. The van der Waals surface area contributed by atoms with E-state index in [-0.39, 0.29) is 23.7 Å². The lowest BCUT2D eigenvalue weighted by atomic mass is 9.88. The highest BCUT2D eigenvalue weighted by Crippen LogP contribution is 2.36. The van der Waals surface area contributed by atoms with Crippen LogP contribution in [0.15, 0.2) is 35.1 Å². The summed E-state index contributed by atoms with van der Waals surface area (Å²) in [6.45, 7) is 9.89. The molecule has 10 nitrogen and oxygen atoms in total. The Hall–Kier alpha value is -3.95. The number of nitrogens with zero attached hydrogens (tertiary/aromatic N) is 4. The van der Waals surface area contributed by atoms with E-state index in [1.807, 2.05) is 50.2 Å². The van der Waals surface area contributed by atoms with Gasteiger partial charge < -0.3 is 30.2 Å². The third-order valence-electron chi connectivity index (χ3n) is 6.90. The van der Waals surface area contributed by atoms with Crippen molar-refractivity contribution in [3.05, 3.63) is 41.4 Å². The summed E-state index contributed by atoms with van der Waals surface area (Å²) in [7, 11) is 1.90. The van der Waals surface area contributed by atoms with E-state index in [2.05, 4.69) is 20.2 Å². The molecule has 10 heteroatoms. The van der Waals surface area contributed by atoms with Crippen LogP contribution < -0.4 is 15.4 Å². The predicted octanol–water partition coefficient (Wildman–Crippen LogP) is 3.52. The van der Waals surface area contributed by atoms with Gasteiger partial charge in [0.15, 0.2) is 5.84 Å². The zero-order chi connectivity index (χ0) is 27.4. The molecule has 0 saturated carbocycles. The number of piperidine rings is 1. The summed E-state index contributed by atoms with van der Waals surface area (Å²) in [4.78, 5) is 22.9. The number of likely N-dealkylation sites (tertiary alicyclic amines) is 1. The van der Waals surface area contributed by atoms with Crippen molar-refractivity contribution in [2.45, 2.75) is 53.1 Å². The summed E-state index contributed by atoms with van der Waals surface area (Å²) in [6.07, 6.45) is 5.07. The third kappa shape index (κ3) is 5.79. The van der Waals surface area contributed by atoms with E-state index >= 15 is 0 Å². The molecule has 1 aromatic heterocycles. The van der Waals surface area contributed by atoms with Crippen LogP contribution in [0.3, 0.4) is 0 Å². The molecule has 4 N–H and O–H groups in total. The fraction of sp³-hybridized carbons (Fsp3) is 0.464. The highest BCUT2D eigenvalue weighted by molar-refractivity contribution is 6.10. The quantitative estimate of drug-likeness (QED) is 0.343. The molecule has 0 spiro atoms. The number of benzene rings is 1. The zero-order valence-corrected chi connectivity index (χ0v) is 22.9. The van der Waals surface area contributed by atoms with E-state index in [1.165, 1.54) is 6.21 Å². The van der Waals surface area contributed by atoms with Crippen LogP contribution in [0.25, 0.3) is 17.0 Å². The summed E-state index contributed by atoms with van der Waals surface area (Å²) >= 11 is 0. The van der Waals surface area contributed by atoms with Crippen LogP contribution in [-0.4, -0.2) is 71.0 Å². The van der Waals surface area contributed by atoms with E-state index in [0.29, 0.717) is 24.7 Å². The van der Waals surface area contributed by atoms with Crippen molar-refractivity contribution in [2.75, 3.05) is 26.7 Å². The molecule has 0 bridgehead atoms. The van der Waals surface area contributed by atoms with Gasteiger partial charge in [-0.15, -0.1) is 0 Å². The number of aliphatic imine (C=N–C) groups is 1. The minimum atomic E-state index is 0.112. The average Bonchev–Trinajstić information content (AvgIpc) is 3.22. The molecule has 0 unspecified atom stereocenters. The summed E-state index contributed by atoms with van der Waals surface area (Å²) in [5, 5.41) is 22.7. The predicted molar refractivity (Wildman–Crippen MR) is 151 cm³/mol. The van der Waals surface area contributed by atoms with Gasteiger partial charge >= 0.3 is 0 Å². The number of amides is 1. The Bertz CT molecular complexity index is 1280. The minimum Gasteiger partial charge on any atom is -0.491 e. The second-order valence-electron chi connectivity index (χ2n) is 10.0. The van der Waals surface area contributed by atoms with Gasteiger partial charge in [-0.2, -0.15) is 0 Å². The van der Waals surface area contributed by atoms with E-state index in [1.54, 1.807) is 13.8 Å². The van der Waals surface area contributed by atoms with E-state index < -0.39 is 0 Å². The number of rotatable bonds is 6. The Morgan fingerprint density at radius 3 is 2.58 bits per heavy atom. The maximum absolute atomic E-state index is 11.8. The van der Waals surface area contributed by atoms with Gasteiger partial charge in [0.05, 0.1) is 12.1 Å². The monoisotopic (exact) mass is 518 g/mol. The second-order valence-corrected chi connectivity index (χ2v) is 10.0. The number of allylic oxidation sites excluding steroid dienone is 2. The Morgan fingerprint density at radius 2 is 1.97 bits per heavy atom. The number of hydrogen-bond acceptors (Lipinski definition) is 6. The van der Waals surface area contributed by atoms with Gasteiger partial charge in [0.25, 0.3) is 0 Å². The molecular weight excluding hydrogens is 480 g/mol. The van der Waals surface area contributed by atoms with Crippen molar-refractivity contribution in [1.82, 2.24) is 25.1 Å². The maximum Gasteiger partial charge on any atom is 0.219 e. The van der Waals surface area contributed by atoms with Crippen LogP contribution in [0.1, 0.15) is 51.8 Å². The van der Waals surface area contributed by atoms with Crippen LogP contribution in [0.4, 0.5) is 0 Å². The normalized spacial score (nSPS) is 16.6. The Morgan fingerprint density at radius 1 is 1.24 bits per heavy atom. The lowest BCUT2D eigenvalue weighted by molar-refractivity contribution is -0.130. The van der Waals surface area contributed by atoms with Crippen molar-refractivity contribution >= 4 is 29.4 Å². The molecule has 1 aromatic carbocycles. The number of fused-ring (bicyclic) bond motifs is 3. The fourth-order valence-corrected chi connectivity index (χ4v) is 5.13. The first-order valence-electron chi connectivity index (χ1n) is 13.1. The van der Waals surface area contributed by atoms with Gasteiger partial charge in [-0.05, 0) is 51.3 Å². The number of ether oxygens (including phenoxy) is 1. The van der Waals surface area contributed by atoms with Crippen LogP contribution in [0.5, 0.6) is 5.75 Å². The molecular formula is C28H38N8O2. The van der Waals surface area contributed by atoms with Gasteiger partial charge in [-0.25, -0.2) is 9.98 Å². The van der Waals surface area contributed by atoms with Gasteiger partial charge in [0, 0.05) is 62.7 Å². The smallest absolute Gasteiger partial charge is 0.219 e. The van der Waals surface area contributed by atoms with Gasteiger partial charge in [0.2, 0.25) is 5.91 Å². The van der Waals surface area contributed by atoms with Crippen molar-refractivity contribution in [3.63, 3.8) is 0 Å². The molecule has 1 fully saturated rings. The molecule has 202 valence electrons. The van der Waals surface area contributed by atoms with Crippen molar-refractivity contribution in [2.24, 2.45) is 10.9 Å². The molecule has 2 aromatic rings. The Labute approximate surface area is 224 Å². The zero-order valence-electron chi connectivity index (χ0n) is 22.9. The van der Waals surface area contributed by atoms with Gasteiger partial charge in [-0.1, -0.05) is 6.07 Å². The molecule has 1 amide bonds. The van der Waals surface area contributed by atoms with Gasteiger partial charge in [-0.3, -0.25) is 10.2 Å². The number of carbonyl (C=O) groups is 1. The summed E-state index contributed by atoms with van der Waals surface area (Å²) < 4.78 is 8.21. The maximum atomic E-state index is 11.8. The SMILES string of the molecule is CN/C(=C(\C=N)c1ccc2c(c1)OCCn1cc(/C(=N/C(C)=N)NC(C)C)nc1-2)C1CCN(C(C)=O)CC1. The molecule has 3 heterocycles. The van der Waals surface area contributed by atoms with E-state index in [0.717, 1.165) is 59.9 Å². The molecule has 38 heavy (non-hydrogen) atoms. The van der Waals surface area contributed by atoms with E-state index in [9.17, 15) is 4.79 Å². The standard InChI is InChI=1S/C28H38N8O2/c1-17(2)32-27(33-18(3)30)24-16-36-12-13-38-25-14-21(6-7-22(25)28(36)34-24)23(15-29)26(31-5)20-8-10-35(11-9-20)19(4)37/h6-7,14-17,20,29,31H,8-13H2,1-5H3,(H2,30,32,33)/b26-23+,29-15?. The topological polar surface area (TPSA) is 131 Å². The average molecular weight is 519 g/mol. The lowest BCUT2D eigenvalue weighted by Crippen LogP contribution is -2.38. The second kappa shape index (κ2) is 11.6. The number of aromatic nitrogens is 2. The first kappa shape index (κ1) is 27.1. The number of nitrogens with one attached hydrogen (secondary N) is 4. The highest BCUT2D eigenvalue weighted by Gasteiger charge is 2.26. The molecule has 0 atom stereocenters. The van der Waals surface area contributed by atoms with Crippen molar-refractivity contribution < 1.29 is 9.53 Å². The largest absolute Gasteiger partial charge is 0.491 e. The van der Waals surface area contributed by atoms with Crippen LogP contribution in [-0.2, 0) is 11.3 Å². The fourth-order valence-electron chi connectivity index (χ4n) is 5.13. The number of amidine groups is 2. The number of hydrogen-bond donors (Lipinski definition) is 4. The molecule has 4 rings (SSSR count). The minimum absolute atomic E-state index is 0.112. The van der Waals surface area contributed by atoms with Crippen LogP contribution in [0.2, 0.25) is 0 Å². The molecule has 0 radical (unpaired) electrons. The van der Waals surface area contributed by atoms with Crippen LogP contribution >= 0.6 is 0 Å². The first-order valence-corrected chi connectivity index (χ1v) is 13.1. The first-order chi connectivity index (χ1) is 18.2. The molecule has 1 saturated heterocycles. The van der Waals surface area contributed by atoms with Crippen molar-refractivity contribution in [3.8, 4) is 17.1 Å². The lowest BCUT2D eigenvalue weighted by Gasteiger charge is -2.33. The third-order valence-corrected chi connectivity index (χ3v) is 6.90. The molecule has 2 aliphatic rings. The number of imidazole rings is 1. The highest BCUT2D eigenvalue weighted by atomic mass is 16.5.